The summed E-state index contributed by atoms with van der Waals surface area (Å²) >= 11 is 0. The van der Waals surface area contributed by atoms with Crippen molar-refractivity contribution >= 4 is 5.95 Å². The van der Waals surface area contributed by atoms with Gasteiger partial charge in [0.25, 0.3) is 0 Å². The van der Waals surface area contributed by atoms with Crippen molar-refractivity contribution in [3.05, 3.63) is 18.0 Å². The lowest BCUT2D eigenvalue weighted by atomic mass is 10.0. The predicted octanol–water partition coefficient (Wildman–Crippen LogP) is 2.57. The molecule has 0 bridgehead atoms. The van der Waals surface area contributed by atoms with Gasteiger partial charge in [-0.25, -0.2) is 9.97 Å². The van der Waals surface area contributed by atoms with Gasteiger partial charge in [0.1, 0.15) is 0 Å². The first kappa shape index (κ1) is 14.3. The SMILES string of the molecule is CC(C)c1cnc(N(C)CCC2CCCCN2)nc1. The molecule has 0 radical (unpaired) electrons. The Morgan fingerprint density at radius 2 is 2.05 bits per heavy atom. The number of rotatable bonds is 5. The summed E-state index contributed by atoms with van der Waals surface area (Å²) in [6, 6.07) is 0.672. The van der Waals surface area contributed by atoms with Crippen molar-refractivity contribution in [2.75, 3.05) is 25.0 Å². The molecule has 0 amide bonds. The number of nitrogens with one attached hydrogen (secondary N) is 1. The second kappa shape index (κ2) is 6.85. The molecule has 106 valence electrons. The van der Waals surface area contributed by atoms with Crippen LogP contribution >= 0.6 is 0 Å². The third-order valence-electron chi connectivity index (χ3n) is 3.89. The maximum atomic E-state index is 4.46. The molecule has 1 fully saturated rings. The Morgan fingerprint density at radius 1 is 1.32 bits per heavy atom. The van der Waals surface area contributed by atoms with Gasteiger partial charge in [0, 0.05) is 32.0 Å². The zero-order valence-electron chi connectivity index (χ0n) is 12.4. The summed E-state index contributed by atoms with van der Waals surface area (Å²) in [5, 5.41) is 3.58. The van der Waals surface area contributed by atoms with E-state index in [2.05, 4.69) is 41.1 Å². The second-order valence-corrected chi connectivity index (χ2v) is 5.83. The lowest BCUT2D eigenvalue weighted by Gasteiger charge is -2.26. The third kappa shape index (κ3) is 4.16. The average molecular weight is 262 g/mol. The molecule has 1 aliphatic rings. The van der Waals surface area contributed by atoms with Crippen molar-refractivity contribution in [3.63, 3.8) is 0 Å². The number of hydrogen-bond acceptors (Lipinski definition) is 4. The highest BCUT2D eigenvalue weighted by molar-refractivity contribution is 5.28. The number of nitrogens with zero attached hydrogens (tertiary/aromatic N) is 3. The normalized spacial score (nSPS) is 19.7. The summed E-state index contributed by atoms with van der Waals surface area (Å²) in [6.07, 6.45) is 9.06. The van der Waals surface area contributed by atoms with E-state index >= 15 is 0 Å². The van der Waals surface area contributed by atoms with Crippen LogP contribution in [-0.2, 0) is 0 Å². The van der Waals surface area contributed by atoms with Crippen LogP contribution in [0, 0.1) is 0 Å². The smallest absolute Gasteiger partial charge is 0.224 e. The molecular weight excluding hydrogens is 236 g/mol. The molecule has 2 rings (SSSR count). The van der Waals surface area contributed by atoms with Crippen LogP contribution < -0.4 is 10.2 Å². The van der Waals surface area contributed by atoms with Gasteiger partial charge in [-0.2, -0.15) is 0 Å². The Bertz CT molecular complexity index is 368. The number of hydrogen-bond donors (Lipinski definition) is 1. The summed E-state index contributed by atoms with van der Waals surface area (Å²) in [6.45, 7) is 6.51. The van der Waals surface area contributed by atoms with Crippen molar-refractivity contribution in [1.29, 1.82) is 0 Å². The molecule has 1 N–H and O–H groups in total. The molecule has 19 heavy (non-hydrogen) atoms. The molecule has 1 aromatic heterocycles. The monoisotopic (exact) mass is 262 g/mol. The Morgan fingerprint density at radius 3 is 2.63 bits per heavy atom. The Hall–Kier alpha value is -1.16. The molecule has 4 nitrogen and oxygen atoms in total. The van der Waals surface area contributed by atoms with Crippen molar-refractivity contribution in [2.45, 2.75) is 51.5 Å². The van der Waals surface area contributed by atoms with Crippen LogP contribution in [0.3, 0.4) is 0 Å². The van der Waals surface area contributed by atoms with Crippen molar-refractivity contribution in [1.82, 2.24) is 15.3 Å². The van der Waals surface area contributed by atoms with E-state index in [0.717, 1.165) is 12.5 Å². The van der Waals surface area contributed by atoms with Crippen molar-refractivity contribution < 1.29 is 0 Å². The van der Waals surface area contributed by atoms with Crippen molar-refractivity contribution in [2.24, 2.45) is 0 Å². The molecule has 0 aromatic carbocycles. The summed E-state index contributed by atoms with van der Waals surface area (Å²) < 4.78 is 0. The fraction of sp³-hybridized carbons (Fsp3) is 0.733. The Labute approximate surface area is 116 Å². The van der Waals surface area contributed by atoms with Gasteiger partial charge < -0.3 is 10.2 Å². The summed E-state index contributed by atoms with van der Waals surface area (Å²) in [5.74, 6) is 1.33. The first-order valence-corrected chi connectivity index (χ1v) is 7.43. The number of piperidine rings is 1. The molecule has 0 spiro atoms. The maximum absolute atomic E-state index is 4.46. The first-order valence-electron chi connectivity index (χ1n) is 7.43. The van der Waals surface area contributed by atoms with Gasteiger partial charge in [-0.05, 0) is 37.3 Å². The van der Waals surface area contributed by atoms with Gasteiger partial charge in [0.15, 0.2) is 0 Å². The molecule has 2 heterocycles. The first-order chi connectivity index (χ1) is 9.16. The van der Waals surface area contributed by atoms with E-state index in [9.17, 15) is 0 Å². The zero-order chi connectivity index (χ0) is 13.7. The van der Waals surface area contributed by atoms with E-state index in [4.69, 9.17) is 0 Å². The van der Waals surface area contributed by atoms with Crippen LogP contribution in [0.1, 0.15) is 51.0 Å². The summed E-state index contributed by atoms with van der Waals surface area (Å²) in [5.41, 5.74) is 1.20. The fourth-order valence-corrected chi connectivity index (χ4v) is 2.45. The van der Waals surface area contributed by atoms with Crippen LogP contribution in [-0.4, -0.2) is 36.1 Å². The van der Waals surface area contributed by atoms with Crippen LogP contribution in [0.25, 0.3) is 0 Å². The van der Waals surface area contributed by atoms with Crippen LogP contribution in [0.15, 0.2) is 12.4 Å². The molecule has 1 aromatic rings. The molecular formula is C15H26N4. The molecule has 4 heteroatoms. The molecule has 1 atom stereocenters. The van der Waals surface area contributed by atoms with Gasteiger partial charge in [0.2, 0.25) is 5.95 Å². The van der Waals surface area contributed by atoms with Gasteiger partial charge in [-0.15, -0.1) is 0 Å². The zero-order valence-corrected chi connectivity index (χ0v) is 12.4. The molecule has 1 aliphatic heterocycles. The topological polar surface area (TPSA) is 41.1 Å². The van der Waals surface area contributed by atoms with Crippen LogP contribution in [0.4, 0.5) is 5.95 Å². The van der Waals surface area contributed by atoms with E-state index < -0.39 is 0 Å². The molecule has 1 unspecified atom stereocenters. The van der Waals surface area contributed by atoms with E-state index in [1.54, 1.807) is 0 Å². The minimum atomic E-state index is 0.491. The Kier molecular flexibility index (Phi) is 5.14. The summed E-state index contributed by atoms with van der Waals surface area (Å²) in [4.78, 5) is 11.1. The van der Waals surface area contributed by atoms with Crippen LogP contribution in [0.5, 0.6) is 0 Å². The van der Waals surface area contributed by atoms with Gasteiger partial charge in [-0.3, -0.25) is 0 Å². The fourth-order valence-electron chi connectivity index (χ4n) is 2.45. The minimum absolute atomic E-state index is 0.491. The highest BCUT2D eigenvalue weighted by atomic mass is 15.2. The highest BCUT2D eigenvalue weighted by Crippen LogP contribution is 2.15. The standard InChI is InChI=1S/C15H26N4/c1-12(2)13-10-17-15(18-11-13)19(3)9-7-14-6-4-5-8-16-14/h10-12,14,16H,4-9H2,1-3H3. The van der Waals surface area contributed by atoms with E-state index in [1.807, 2.05) is 12.4 Å². The molecule has 1 saturated heterocycles. The Balaban J connectivity index is 1.83. The average Bonchev–Trinajstić information content (AvgIpc) is 2.46. The number of aromatic nitrogens is 2. The van der Waals surface area contributed by atoms with Crippen LogP contribution in [0.2, 0.25) is 0 Å². The highest BCUT2D eigenvalue weighted by Gasteiger charge is 2.14. The van der Waals surface area contributed by atoms with E-state index in [-0.39, 0.29) is 0 Å². The van der Waals surface area contributed by atoms with E-state index in [0.29, 0.717) is 12.0 Å². The van der Waals surface area contributed by atoms with Gasteiger partial charge in [0.05, 0.1) is 0 Å². The number of anilines is 1. The maximum Gasteiger partial charge on any atom is 0.224 e. The second-order valence-electron chi connectivity index (χ2n) is 5.83. The minimum Gasteiger partial charge on any atom is -0.344 e. The predicted molar refractivity (Wildman–Crippen MR) is 79.6 cm³/mol. The lowest BCUT2D eigenvalue weighted by molar-refractivity contribution is 0.384. The van der Waals surface area contributed by atoms with E-state index in [1.165, 1.54) is 37.8 Å². The van der Waals surface area contributed by atoms with Crippen molar-refractivity contribution in [3.8, 4) is 0 Å². The lowest BCUT2D eigenvalue weighted by Crippen LogP contribution is -2.37. The quantitative estimate of drug-likeness (QED) is 0.885. The largest absolute Gasteiger partial charge is 0.344 e. The van der Waals surface area contributed by atoms with Gasteiger partial charge >= 0.3 is 0 Å². The molecule has 0 aliphatic carbocycles. The summed E-state index contributed by atoms with van der Waals surface area (Å²) in [7, 11) is 2.08. The third-order valence-corrected chi connectivity index (χ3v) is 3.89. The molecule has 0 saturated carbocycles. The van der Waals surface area contributed by atoms with Gasteiger partial charge in [-0.1, -0.05) is 20.3 Å².